The molecular formula is C11H16N2O2. The van der Waals surface area contributed by atoms with E-state index < -0.39 is 0 Å². The van der Waals surface area contributed by atoms with Crippen LogP contribution in [0.3, 0.4) is 0 Å². The average Bonchev–Trinajstić information content (AvgIpc) is 2.23. The summed E-state index contributed by atoms with van der Waals surface area (Å²) in [5.41, 5.74) is 2.40. The molecule has 4 nitrogen and oxygen atoms in total. The number of hydrogen-bond acceptors (Lipinski definition) is 2. The summed E-state index contributed by atoms with van der Waals surface area (Å²) in [4.78, 5) is 23.4. The number of carbonyl (C=O) groups is 1. The third kappa shape index (κ3) is 1.67. The maximum atomic E-state index is 11.8. The van der Waals surface area contributed by atoms with Crippen LogP contribution in [-0.2, 0) is 7.05 Å². The Morgan fingerprint density at radius 1 is 1.20 bits per heavy atom. The molecule has 1 N–H and O–H groups in total. The van der Waals surface area contributed by atoms with Crippen LogP contribution in [0.2, 0.25) is 0 Å². The Labute approximate surface area is 88.9 Å². The van der Waals surface area contributed by atoms with Crippen LogP contribution < -0.4 is 10.7 Å². The van der Waals surface area contributed by atoms with E-state index in [2.05, 4.69) is 5.32 Å². The Kier molecular flexibility index (Phi) is 2.98. The fourth-order valence-electron chi connectivity index (χ4n) is 1.66. The fraction of sp³-hybridized carbons (Fsp3) is 0.455. The molecule has 0 fully saturated rings. The molecule has 0 aliphatic heterocycles. The summed E-state index contributed by atoms with van der Waals surface area (Å²) in [6, 6.07) is 0. The first-order valence-corrected chi connectivity index (χ1v) is 4.80. The quantitative estimate of drug-likeness (QED) is 0.737. The topological polar surface area (TPSA) is 51.1 Å². The predicted octanol–water partition coefficient (Wildman–Crippen LogP) is 0.670. The molecule has 0 radical (unpaired) electrons. The standard InChI is InChI=1S/C11H16N2O2/c1-6-8(3)13(5)9(11(15)12-4)7(2)10(6)14/h1-5H3,(H,12,15). The second kappa shape index (κ2) is 3.88. The van der Waals surface area contributed by atoms with Gasteiger partial charge in [-0.1, -0.05) is 0 Å². The maximum Gasteiger partial charge on any atom is 0.268 e. The van der Waals surface area contributed by atoms with Gasteiger partial charge in [0.25, 0.3) is 5.91 Å². The second-order valence-corrected chi connectivity index (χ2v) is 3.65. The van der Waals surface area contributed by atoms with E-state index in [1.165, 1.54) is 0 Å². The Morgan fingerprint density at radius 3 is 2.20 bits per heavy atom. The van der Waals surface area contributed by atoms with Crippen molar-refractivity contribution in [1.29, 1.82) is 0 Å². The molecule has 82 valence electrons. The van der Waals surface area contributed by atoms with Crippen molar-refractivity contribution >= 4 is 5.91 Å². The van der Waals surface area contributed by atoms with Crippen molar-refractivity contribution in [2.24, 2.45) is 7.05 Å². The summed E-state index contributed by atoms with van der Waals surface area (Å²) < 4.78 is 1.75. The molecule has 0 unspecified atom stereocenters. The van der Waals surface area contributed by atoms with Gasteiger partial charge in [-0.3, -0.25) is 9.59 Å². The molecule has 1 aromatic heterocycles. The minimum absolute atomic E-state index is 0.0517. The lowest BCUT2D eigenvalue weighted by atomic mass is 10.1. The normalized spacial score (nSPS) is 10.2. The SMILES string of the molecule is CNC(=O)c1c(C)c(=O)c(C)c(C)n1C. The van der Waals surface area contributed by atoms with Gasteiger partial charge in [-0.05, 0) is 20.8 Å². The van der Waals surface area contributed by atoms with E-state index in [9.17, 15) is 9.59 Å². The Balaban J connectivity index is 3.68. The monoisotopic (exact) mass is 208 g/mol. The van der Waals surface area contributed by atoms with Crippen LogP contribution in [0, 0.1) is 20.8 Å². The van der Waals surface area contributed by atoms with Gasteiger partial charge in [0, 0.05) is 30.9 Å². The van der Waals surface area contributed by atoms with E-state index in [1.54, 1.807) is 32.5 Å². The number of carbonyl (C=O) groups excluding carboxylic acids is 1. The summed E-state index contributed by atoms with van der Waals surface area (Å²) in [7, 11) is 3.35. The molecule has 0 aliphatic rings. The molecule has 0 aromatic carbocycles. The molecule has 1 heterocycles. The minimum Gasteiger partial charge on any atom is -0.354 e. The van der Waals surface area contributed by atoms with Gasteiger partial charge in [0.2, 0.25) is 0 Å². The summed E-state index contributed by atoms with van der Waals surface area (Å²) in [5, 5.41) is 2.54. The smallest absolute Gasteiger partial charge is 0.268 e. The number of rotatable bonds is 1. The van der Waals surface area contributed by atoms with Gasteiger partial charge in [-0.25, -0.2) is 0 Å². The van der Waals surface area contributed by atoms with Gasteiger partial charge in [-0.15, -0.1) is 0 Å². The Bertz CT molecular complexity index is 472. The van der Waals surface area contributed by atoms with Crippen molar-refractivity contribution in [3.8, 4) is 0 Å². The lowest BCUT2D eigenvalue weighted by Crippen LogP contribution is -2.29. The molecule has 15 heavy (non-hydrogen) atoms. The van der Waals surface area contributed by atoms with Gasteiger partial charge in [0.05, 0.1) is 0 Å². The van der Waals surface area contributed by atoms with Crippen molar-refractivity contribution < 1.29 is 4.79 Å². The largest absolute Gasteiger partial charge is 0.354 e. The lowest BCUT2D eigenvalue weighted by Gasteiger charge is -2.15. The first-order chi connectivity index (χ1) is 6.91. The predicted molar refractivity (Wildman–Crippen MR) is 59.3 cm³/mol. The van der Waals surface area contributed by atoms with Crippen molar-refractivity contribution in [3.63, 3.8) is 0 Å². The molecule has 4 heteroatoms. The van der Waals surface area contributed by atoms with Crippen molar-refractivity contribution in [2.45, 2.75) is 20.8 Å². The molecule has 0 saturated carbocycles. The number of nitrogens with one attached hydrogen (secondary N) is 1. The van der Waals surface area contributed by atoms with Crippen LogP contribution in [-0.4, -0.2) is 17.5 Å². The van der Waals surface area contributed by atoms with Gasteiger partial charge in [0.1, 0.15) is 5.69 Å². The van der Waals surface area contributed by atoms with Crippen LogP contribution in [0.15, 0.2) is 4.79 Å². The molecule has 0 bridgehead atoms. The zero-order chi connectivity index (χ0) is 11.7. The highest BCUT2D eigenvalue weighted by molar-refractivity contribution is 5.93. The van der Waals surface area contributed by atoms with E-state index in [-0.39, 0.29) is 11.3 Å². The zero-order valence-electron chi connectivity index (χ0n) is 9.76. The number of nitrogens with zero attached hydrogens (tertiary/aromatic N) is 1. The van der Waals surface area contributed by atoms with Gasteiger partial charge >= 0.3 is 0 Å². The van der Waals surface area contributed by atoms with Gasteiger partial charge in [-0.2, -0.15) is 0 Å². The number of pyridine rings is 1. The molecule has 0 atom stereocenters. The van der Waals surface area contributed by atoms with E-state index >= 15 is 0 Å². The molecular weight excluding hydrogens is 192 g/mol. The van der Waals surface area contributed by atoms with Gasteiger partial charge < -0.3 is 9.88 Å². The first kappa shape index (κ1) is 11.5. The molecule has 1 rings (SSSR count). The average molecular weight is 208 g/mol. The summed E-state index contributed by atoms with van der Waals surface area (Å²) in [5.74, 6) is -0.227. The van der Waals surface area contributed by atoms with Crippen molar-refractivity contribution in [3.05, 3.63) is 32.7 Å². The van der Waals surface area contributed by atoms with Crippen LogP contribution in [0.1, 0.15) is 27.3 Å². The van der Waals surface area contributed by atoms with Crippen LogP contribution in [0.4, 0.5) is 0 Å². The maximum absolute atomic E-state index is 11.8. The van der Waals surface area contributed by atoms with Gasteiger partial charge in [0.15, 0.2) is 5.43 Å². The van der Waals surface area contributed by atoms with Crippen LogP contribution in [0.25, 0.3) is 0 Å². The summed E-state index contributed by atoms with van der Waals surface area (Å²) >= 11 is 0. The second-order valence-electron chi connectivity index (χ2n) is 3.65. The molecule has 1 aromatic rings. The first-order valence-electron chi connectivity index (χ1n) is 4.80. The van der Waals surface area contributed by atoms with Crippen LogP contribution in [0.5, 0.6) is 0 Å². The third-order valence-electron chi connectivity index (χ3n) is 2.86. The number of hydrogen-bond donors (Lipinski definition) is 1. The molecule has 0 saturated heterocycles. The minimum atomic E-state index is -0.227. The zero-order valence-corrected chi connectivity index (χ0v) is 9.76. The van der Waals surface area contributed by atoms with E-state index in [1.807, 2.05) is 6.92 Å². The highest BCUT2D eigenvalue weighted by Crippen LogP contribution is 2.09. The summed E-state index contributed by atoms with van der Waals surface area (Å²) in [6.45, 7) is 5.29. The number of amides is 1. The number of aromatic nitrogens is 1. The summed E-state index contributed by atoms with van der Waals surface area (Å²) in [6.07, 6.45) is 0. The Hall–Kier alpha value is -1.58. The van der Waals surface area contributed by atoms with E-state index in [4.69, 9.17) is 0 Å². The van der Waals surface area contributed by atoms with Crippen molar-refractivity contribution in [2.75, 3.05) is 7.05 Å². The van der Waals surface area contributed by atoms with E-state index in [0.29, 0.717) is 16.8 Å². The highest BCUT2D eigenvalue weighted by atomic mass is 16.2. The fourth-order valence-corrected chi connectivity index (χ4v) is 1.66. The highest BCUT2D eigenvalue weighted by Gasteiger charge is 2.16. The molecule has 1 amide bonds. The molecule has 0 spiro atoms. The van der Waals surface area contributed by atoms with Crippen LogP contribution >= 0.6 is 0 Å². The lowest BCUT2D eigenvalue weighted by molar-refractivity contribution is 0.0953. The Morgan fingerprint density at radius 2 is 1.73 bits per heavy atom. The molecule has 0 aliphatic carbocycles. The van der Waals surface area contributed by atoms with E-state index in [0.717, 1.165) is 5.69 Å². The van der Waals surface area contributed by atoms with Crippen molar-refractivity contribution in [1.82, 2.24) is 9.88 Å². The third-order valence-corrected chi connectivity index (χ3v) is 2.86.